The Kier molecular flexibility index (Phi) is 6.35. The molecule has 0 bridgehead atoms. The van der Waals surface area contributed by atoms with E-state index in [0.29, 0.717) is 5.95 Å². The molecule has 5 nitrogen and oxygen atoms in total. The van der Waals surface area contributed by atoms with Crippen molar-refractivity contribution in [3.63, 3.8) is 0 Å². The molecule has 2 aromatic rings. The van der Waals surface area contributed by atoms with Gasteiger partial charge < -0.3 is 15.5 Å². The van der Waals surface area contributed by atoms with E-state index in [4.69, 9.17) is 0 Å². The molecule has 2 rings (SSSR count). The van der Waals surface area contributed by atoms with Crippen LogP contribution in [-0.4, -0.2) is 42.1 Å². The zero-order chi connectivity index (χ0) is 16.7. The summed E-state index contributed by atoms with van der Waals surface area (Å²) < 4.78 is 0. The molecule has 0 aliphatic heterocycles. The summed E-state index contributed by atoms with van der Waals surface area (Å²) in [6.45, 7) is 6.21. The number of anilines is 3. The minimum atomic E-state index is 0.626. The van der Waals surface area contributed by atoms with Crippen LogP contribution >= 0.6 is 0 Å². The number of aromatic nitrogens is 2. The van der Waals surface area contributed by atoms with Crippen LogP contribution in [0.3, 0.4) is 0 Å². The number of aryl methyl sites for hydroxylation is 2. The molecule has 1 heterocycles. The smallest absolute Gasteiger partial charge is 0.229 e. The molecule has 0 amide bonds. The van der Waals surface area contributed by atoms with Crippen molar-refractivity contribution in [2.45, 2.75) is 26.7 Å². The maximum Gasteiger partial charge on any atom is 0.229 e. The van der Waals surface area contributed by atoms with Gasteiger partial charge in [-0.2, -0.15) is 4.98 Å². The Morgan fingerprint density at radius 2 is 1.78 bits per heavy atom. The first-order chi connectivity index (χ1) is 11.1. The Labute approximate surface area is 139 Å². The maximum atomic E-state index is 4.54. The molecule has 0 saturated heterocycles. The van der Waals surface area contributed by atoms with E-state index < -0.39 is 0 Å². The molecule has 0 atom stereocenters. The van der Waals surface area contributed by atoms with Gasteiger partial charge in [0, 0.05) is 18.4 Å². The molecule has 5 heteroatoms. The first kappa shape index (κ1) is 17.2. The standard InChI is InChI=1S/C18H27N5/c1-14-8-7-9-15(2)17(14)22-18-20-12-10-16(21-18)19-11-5-6-13-23(3)4/h7-10,12H,5-6,11,13H2,1-4H3,(H2,19,20,21,22). The van der Waals surface area contributed by atoms with Gasteiger partial charge >= 0.3 is 0 Å². The fraction of sp³-hybridized carbons (Fsp3) is 0.444. The van der Waals surface area contributed by atoms with Crippen molar-refractivity contribution in [3.05, 3.63) is 41.6 Å². The van der Waals surface area contributed by atoms with Crippen molar-refractivity contribution in [1.82, 2.24) is 14.9 Å². The SMILES string of the molecule is Cc1cccc(C)c1Nc1nccc(NCCCCN(C)C)n1. The lowest BCUT2D eigenvalue weighted by Crippen LogP contribution is -2.14. The fourth-order valence-electron chi connectivity index (χ4n) is 2.41. The van der Waals surface area contributed by atoms with E-state index in [2.05, 4.69) is 71.6 Å². The number of hydrogen-bond donors (Lipinski definition) is 2. The predicted molar refractivity (Wildman–Crippen MR) is 97.5 cm³/mol. The summed E-state index contributed by atoms with van der Waals surface area (Å²) in [5.41, 5.74) is 3.46. The lowest BCUT2D eigenvalue weighted by Gasteiger charge is -2.12. The molecule has 0 aliphatic rings. The minimum Gasteiger partial charge on any atom is -0.370 e. The van der Waals surface area contributed by atoms with Crippen molar-refractivity contribution >= 4 is 17.5 Å². The lowest BCUT2D eigenvalue weighted by molar-refractivity contribution is 0.396. The highest BCUT2D eigenvalue weighted by Gasteiger charge is 2.05. The monoisotopic (exact) mass is 313 g/mol. The zero-order valence-electron chi connectivity index (χ0n) is 14.6. The molecule has 1 aromatic heterocycles. The molecule has 0 radical (unpaired) electrons. The summed E-state index contributed by atoms with van der Waals surface area (Å²) in [4.78, 5) is 11.1. The molecule has 0 saturated carbocycles. The van der Waals surface area contributed by atoms with E-state index >= 15 is 0 Å². The normalized spacial score (nSPS) is 10.8. The summed E-state index contributed by atoms with van der Waals surface area (Å²) in [5, 5.41) is 6.69. The zero-order valence-corrected chi connectivity index (χ0v) is 14.6. The largest absolute Gasteiger partial charge is 0.370 e. The van der Waals surface area contributed by atoms with Gasteiger partial charge in [0.1, 0.15) is 5.82 Å². The highest BCUT2D eigenvalue weighted by atomic mass is 15.1. The minimum absolute atomic E-state index is 0.626. The molecule has 0 spiro atoms. The molecular formula is C18H27N5. The van der Waals surface area contributed by atoms with Crippen LogP contribution in [-0.2, 0) is 0 Å². The van der Waals surface area contributed by atoms with Gasteiger partial charge in [0.05, 0.1) is 0 Å². The van der Waals surface area contributed by atoms with E-state index in [1.54, 1.807) is 6.20 Å². The van der Waals surface area contributed by atoms with Gasteiger partial charge in [0.15, 0.2) is 0 Å². The first-order valence-electron chi connectivity index (χ1n) is 8.11. The third-order valence-corrected chi connectivity index (χ3v) is 3.71. The van der Waals surface area contributed by atoms with Gasteiger partial charge in [-0.25, -0.2) is 4.98 Å². The van der Waals surface area contributed by atoms with Gasteiger partial charge in [0.2, 0.25) is 5.95 Å². The van der Waals surface area contributed by atoms with Crippen LogP contribution in [0.1, 0.15) is 24.0 Å². The molecule has 1 aromatic carbocycles. The van der Waals surface area contributed by atoms with Gasteiger partial charge in [-0.05, 0) is 64.5 Å². The van der Waals surface area contributed by atoms with Crippen LogP contribution in [0.15, 0.2) is 30.5 Å². The Morgan fingerprint density at radius 1 is 1.04 bits per heavy atom. The second-order valence-electron chi connectivity index (χ2n) is 6.09. The Balaban J connectivity index is 1.92. The average molecular weight is 313 g/mol. The van der Waals surface area contributed by atoms with Crippen molar-refractivity contribution in [3.8, 4) is 0 Å². The van der Waals surface area contributed by atoms with Crippen LogP contribution < -0.4 is 10.6 Å². The van der Waals surface area contributed by atoms with E-state index in [1.165, 1.54) is 17.5 Å². The number of para-hydroxylation sites is 1. The quantitative estimate of drug-likeness (QED) is 0.729. The van der Waals surface area contributed by atoms with Crippen LogP contribution in [0.25, 0.3) is 0 Å². The second kappa shape index (κ2) is 8.48. The number of nitrogens with one attached hydrogen (secondary N) is 2. The summed E-state index contributed by atoms with van der Waals surface area (Å²) in [6, 6.07) is 8.13. The molecule has 0 fully saturated rings. The molecule has 0 unspecified atom stereocenters. The van der Waals surface area contributed by atoms with Crippen molar-refractivity contribution in [2.75, 3.05) is 37.8 Å². The number of unbranched alkanes of at least 4 members (excludes halogenated alkanes) is 1. The highest BCUT2D eigenvalue weighted by Crippen LogP contribution is 2.22. The molecular weight excluding hydrogens is 286 g/mol. The highest BCUT2D eigenvalue weighted by molar-refractivity contribution is 5.63. The predicted octanol–water partition coefficient (Wildman–Crippen LogP) is 3.59. The van der Waals surface area contributed by atoms with E-state index in [1.807, 2.05) is 6.07 Å². The molecule has 2 N–H and O–H groups in total. The average Bonchev–Trinajstić information content (AvgIpc) is 2.51. The summed E-state index contributed by atoms with van der Waals surface area (Å²) in [7, 11) is 4.20. The van der Waals surface area contributed by atoms with Gasteiger partial charge in [-0.15, -0.1) is 0 Å². The van der Waals surface area contributed by atoms with Crippen molar-refractivity contribution in [2.24, 2.45) is 0 Å². The topological polar surface area (TPSA) is 53.1 Å². The van der Waals surface area contributed by atoms with Crippen LogP contribution in [0.2, 0.25) is 0 Å². The summed E-state index contributed by atoms with van der Waals surface area (Å²) in [6.07, 6.45) is 4.09. The van der Waals surface area contributed by atoms with Crippen molar-refractivity contribution in [1.29, 1.82) is 0 Å². The number of rotatable bonds is 8. The maximum absolute atomic E-state index is 4.54. The number of hydrogen-bond acceptors (Lipinski definition) is 5. The van der Waals surface area contributed by atoms with Crippen LogP contribution in [0.5, 0.6) is 0 Å². The van der Waals surface area contributed by atoms with E-state index in [-0.39, 0.29) is 0 Å². The van der Waals surface area contributed by atoms with Crippen molar-refractivity contribution < 1.29 is 0 Å². The van der Waals surface area contributed by atoms with Gasteiger partial charge in [-0.1, -0.05) is 18.2 Å². The number of nitrogens with zero attached hydrogens (tertiary/aromatic N) is 3. The fourth-order valence-corrected chi connectivity index (χ4v) is 2.41. The van der Waals surface area contributed by atoms with Crippen LogP contribution in [0, 0.1) is 13.8 Å². The van der Waals surface area contributed by atoms with E-state index in [9.17, 15) is 0 Å². The first-order valence-corrected chi connectivity index (χ1v) is 8.11. The lowest BCUT2D eigenvalue weighted by atomic mass is 10.1. The summed E-state index contributed by atoms with van der Waals surface area (Å²) >= 11 is 0. The Morgan fingerprint density at radius 3 is 2.48 bits per heavy atom. The molecule has 124 valence electrons. The Hall–Kier alpha value is -2.14. The number of benzene rings is 1. The third kappa shape index (κ3) is 5.53. The molecule has 0 aliphatic carbocycles. The third-order valence-electron chi connectivity index (χ3n) is 3.71. The second-order valence-corrected chi connectivity index (χ2v) is 6.09. The van der Waals surface area contributed by atoms with Gasteiger partial charge in [0.25, 0.3) is 0 Å². The Bertz CT molecular complexity index is 604. The van der Waals surface area contributed by atoms with Gasteiger partial charge in [-0.3, -0.25) is 0 Å². The summed E-state index contributed by atoms with van der Waals surface area (Å²) in [5.74, 6) is 1.49. The van der Waals surface area contributed by atoms with Crippen LogP contribution in [0.4, 0.5) is 17.5 Å². The molecule has 23 heavy (non-hydrogen) atoms. The van der Waals surface area contributed by atoms with E-state index in [0.717, 1.165) is 31.0 Å².